The Labute approximate surface area is 151 Å². The van der Waals surface area contributed by atoms with Gasteiger partial charge in [-0.25, -0.2) is 4.79 Å². The van der Waals surface area contributed by atoms with Gasteiger partial charge in [0, 0.05) is 17.6 Å². The molecule has 5 nitrogen and oxygen atoms in total. The van der Waals surface area contributed by atoms with E-state index in [-0.39, 0.29) is 11.9 Å². The Morgan fingerprint density at radius 1 is 1.12 bits per heavy atom. The van der Waals surface area contributed by atoms with Crippen molar-refractivity contribution in [1.82, 2.24) is 0 Å². The molecular weight excluding hydrogens is 338 g/mol. The van der Waals surface area contributed by atoms with E-state index < -0.39 is 0 Å². The molecule has 1 aliphatic carbocycles. The average molecular weight is 359 g/mol. The van der Waals surface area contributed by atoms with Crippen molar-refractivity contribution in [2.45, 2.75) is 32.3 Å². The number of ether oxygens (including phenoxy) is 2. The lowest BCUT2D eigenvalue weighted by atomic mass is 9.95. The van der Waals surface area contributed by atoms with Gasteiger partial charge in [-0.3, -0.25) is 4.79 Å². The highest BCUT2D eigenvalue weighted by Gasteiger charge is 2.27. The largest absolute Gasteiger partial charge is 0.465 e. The number of methoxy groups -OCH3 is 2. The third kappa shape index (κ3) is 3.75. The molecule has 1 aromatic carbocycles. The molecule has 0 radical (unpaired) electrons. The lowest BCUT2D eigenvalue weighted by Crippen LogP contribution is -2.15. The molecule has 1 heterocycles. The van der Waals surface area contributed by atoms with E-state index in [1.54, 1.807) is 19.2 Å². The fraction of sp³-hybridized carbons (Fsp3) is 0.368. The number of hydrogen-bond donors (Lipinski definition) is 1. The molecule has 1 aromatic heterocycles. The Balaban J connectivity index is 1.85. The number of hydrogen-bond acceptors (Lipinski definition) is 5. The van der Waals surface area contributed by atoms with Crippen LogP contribution in [-0.4, -0.2) is 26.1 Å². The number of fused-ring (bicyclic) bond motifs is 1. The molecule has 1 aliphatic rings. The molecule has 0 saturated heterocycles. The third-order valence-corrected chi connectivity index (χ3v) is 5.52. The first-order valence-corrected chi connectivity index (χ1v) is 9.07. The number of carbonyl (C=O) groups is 2. The van der Waals surface area contributed by atoms with Gasteiger partial charge in [0.15, 0.2) is 0 Å². The summed E-state index contributed by atoms with van der Waals surface area (Å²) in [7, 11) is 3.00. The average Bonchev–Trinajstić information content (AvgIpc) is 2.99. The second-order valence-corrected chi connectivity index (χ2v) is 7.10. The molecule has 0 bridgehead atoms. The monoisotopic (exact) mass is 359 g/mol. The predicted molar refractivity (Wildman–Crippen MR) is 97.4 cm³/mol. The van der Waals surface area contributed by atoms with Gasteiger partial charge in [0.05, 0.1) is 19.3 Å². The summed E-state index contributed by atoms with van der Waals surface area (Å²) < 4.78 is 10.0. The van der Waals surface area contributed by atoms with Gasteiger partial charge in [-0.05, 0) is 48.9 Å². The third-order valence-electron chi connectivity index (χ3n) is 4.32. The lowest BCUT2D eigenvalue weighted by molar-refractivity contribution is 0.0601. The van der Waals surface area contributed by atoms with E-state index in [0.717, 1.165) is 36.8 Å². The van der Waals surface area contributed by atoms with E-state index in [1.165, 1.54) is 23.3 Å². The Hall–Kier alpha value is -2.18. The molecule has 0 spiro atoms. The first-order valence-electron chi connectivity index (χ1n) is 8.26. The number of amides is 1. The van der Waals surface area contributed by atoms with Crippen molar-refractivity contribution >= 4 is 28.2 Å². The smallest absolute Gasteiger partial charge is 0.341 e. The quantitative estimate of drug-likeness (QED) is 0.825. The van der Waals surface area contributed by atoms with Crippen LogP contribution in [0.4, 0.5) is 5.00 Å². The summed E-state index contributed by atoms with van der Waals surface area (Å²) in [5, 5.41) is 3.49. The van der Waals surface area contributed by atoms with Gasteiger partial charge in [-0.1, -0.05) is 12.1 Å². The fourth-order valence-corrected chi connectivity index (χ4v) is 4.34. The fourth-order valence-electron chi connectivity index (χ4n) is 3.07. The van der Waals surface area contributed by atoms with Crippen LogP contribution >= 0.6 is 11.3 Å². The first-order chi connectivity index (χ1) is 12.1. The van der Waals surface area contributed by atoms with Crippen LogP contribution in [0.25, 0.3) is 0 Å². The number of carbonyl (C=O) groups excluding carboxylic acids is 2. The van der Waals surface area contributed by atoms with Crippen molar-refractivity contribution in [1.29, 1.82) is 0 Å². The van der Waals surface area contributed by atoms with Crippen molar-refractivity contribution in [3.8, 4) is 0 Å². The zero-order valence-corrected chi connectivity index (χ0v) is 15.2. The van der Waals surface area contributed by atoms with Crippen molar-refractivity contribution < 1.29 is 19.1 Å². The maximum Gasteiger partial charge on any atom is 0.341 e. The van der Waals surface area contributed by atoms with Gasteiger partial charge in [0.25, 0.3) is 5.91 Å². The number of thiophene rings is 1. The first kappa shape index (κ1) is 17.6. The zero-order chi connectivity index (χ0) is 17.8. The van der Waals surface area contributed by atoms with Crippen molar-refractivity contribution in [3.05, 3.63) is 51.4 Å². The lowest BCUT2D eigenvalue weighted by Gasteiger charge is -2.11. The highest BCUT2D eigenvalue weighted by Crippen LogP contribution is 2.38. The molecule has 0 aliphatic heterocycles. The van der Waals surface area contributed by atoms with Gasteiger partial charge < -0.3 is 14.8 Å². The van der Waals surface area contributed by atoms with E-state index in [4.69, 9.17) is 9.47 Å². The second kappa shape index (κ2) is 7.80. The summed E-state index contributed by atoms with van der Waals surface area (Å²) in [5.74, 6) is -0.613. The summed E-state index contributed by atoms with van der Waals surface area (Å²) in [5.41, 5.74) is 3.10. The summed E-state index contributed by atoms with van der Waals surface area (Å²) in [6.07, 6.45) is 3.98. The minimum absolute atomic E-state index is 0.229. The van der Waals surface area contributed by atoms with Crippen molar-refractivity contribution in [2.24, 2.45) is 0 Å². The molecule has 0 saturated carbocycles. The summed E-state index contributed by atoms with van der Waals surface area (Å²) >= 11 is 1.49. The van der Waals surface area contributed by atoms with Crippen molar-refractivity contribution in [3.63, 3.8) is 0 Å². The zero-order valence-electron chi connectivity index (χ0n) is 14.4. The molecule has 6 heteroatoms. The number of aryl methyl sites for hydroxylation is 1. The number of nitrogens with one attached hydrogen (secondary N) is 1. The standard InChI is InChI=1S/C19H21NO4S/c1-23-11-12-7-9-13(10-8-12)17(21)20-18-16(19(22)24-2)14-5-3-4-6-15(14)25-18/h7-10H,3-6,11H2,1-2H3,(H,20,21). The topological polar surface area (TPSA) is 64.6 Å². The minimum atomic E-state index is -0.384. The van der Waals surface area contributed by atoms with E-state index >= 15 is 0 Å². The van der Waals surface area contributed by atoms with Crippen LogP contribution in [-0.2, 0) is 28.9 Å². The van der Waals surface area contributed by atoms with Crippen LogP contribution in [0.1, 0.15) is 49.6 Å². The highest BCUT2D eigenvalue weighted by molar-refractivity contribution is 7.17. The van der Waals surface area contributed by atoms with Crippen molar-refractivity contribution in [2.75, 3.05) is 19.5 Å². The highest BCUT2D eigenvalue weighted by atomic mass is 32.1. The maximum absolute atomic E-state index is 12.6. The van der Waals surface area contributed by atoms with Gasteiger partial charge in [-0.15, -0.1) is 11.3 Å². The molecule has 1 N–H and O–H groups in total. The number of rotatable bonds is 5. The van der Waals surface area contributed by atoms with E-state index in [0.29, 0.717) is 22.7 Å². The Morgan fingerprint density at radius 3 is 2.52 bits per heavy atom. The Morgan fingerprint density at radius 2 is 1.84 bits per heavy atom. The molecule has 132 valence electrons. The number of anilines is 1. The van der Waals surface area contributed by atoms with Gasteiger partial charge in [-0.2, -0.15) is 0 Å². The number of esters is 1. The molecule has 0 unspecified atom stereocenters. The van der Waals surface area contributed by atoms with Crippen LogP contribution in [0.2, 0.25) is 0 Å². The van der Waals surface area contributed by atoms with Crippen LogP contribution in [0.15, 0.2) is 24.3 Å². The van der Waals surface area contributed by atoms with Crippen LogP contribution in [0.5, 0.6) is 0 Å². The van der Waals surface area contributed by atoms with Gasteiger partial charge in [0.2, 0.25) is 0 Å². The molecule has 25 heavy (non-hydrogen) atoms. The Kier molecular flexibility index (Phi) is 5.50. The summed E-state index contributed by atoms with van der Waals surface area (Å²) in [6, 6.07) is 7.24. The second-order valence-electron chi connectivity index (χ2n) is 5.99. The SMILES string of the molecule is COCc1ccc(C(=O)Nc2sc3c(c2C(=O)OC)CCCC3)cc1. The van der Waals surface area contributed by atoms with E-state index in [2.05, 4.69) is 5.32 Å². The summed E-state index contributed by atoms with van der Waals surface area (Å²) in [6.45, 7) is 0.506. The Bertz CT molecular complexity index is 779. The van der Waals surface area contributed by atoms with E-state index in [9.17, 15) is 9.59 Å². The molecule has 3 rings (SSSR count). The molecule has 2 aromatic rings. The summed E-state index contributed by atoms with van der Waals surface area (Å²) in [4.78, 5) is 26.0. The van der Waals surface area contributed by atoms with Crippen LogP contribution < -0.4 is 5.32 Å². The normalized spacial score (nSPS) is 13.2. The molecular formula is C19H21NO4S. The van der Waals surface area contributed by atoms with Crippen LogP contribution in [0.3, 0.4) is 0 Å². The van der Waals surface area contributed by atoms with E-state index in [1.807, 2.05) is 12.1 Å². The maximum atomic E-state index is 12.6. The van der Waals surface area contributed by atoms with Gasteiger partial charge in [0.1, 0.15) is 5.00 Å². The minimum Gasteiger partial charge on any atom is -0.465 e. The van der Waals surface area contributed by atoms with Gasteiger partial charge >= 0.3 is 5.97 Å². The molecule has 0 atom stereocenters. The predicted octanol–water partition coefficient (Wildman–Crippen LogP) is 3.81. The number of benzene rings is 1. The molecule has 0 fully saturated rings. The molecule has 1 amide bonds. The van der Waals surface area contributed by atoms with Crippen LogP contribution in [0, 0.1) is 0 Å².